The van der Waals surface area contributed by atoms with Gasteiger partial charge in [-0.3, -0.25) is 0 Å². The van der Waals surface area contributed by atoms with Crippen LogP contribution in [0.4, 0.5) is 0 Å². The summed E-state index contributed by atoms with van der Waals surface area (Å²) >= 11 is 0. The van der Waals surface area contributed by atoms with Gasteiger partial charge in [0, 0.05) is 0 Å². The molecule has 0 spiro atoms. The summed E-state index contributed by atoms with van der Waals surface area (Å²) in [5.41, 5.74) is 0.0146. The third kappa shape index (κ3) is 11.4. The summed E-state index contributed by atoms with van der Waals surface area (Å²) in [5.74, 6) is 0. The maximum absolute atomic E-state index is 10.7. The molecule has 0 aromatic carbocycles. The second-order valence-electron chi connectivity index (χ2n) is 13.0. The van der Waals surface area contributed by atoms with Crippen LogP contribution in [0.1, 0.15) is 73.1 Å². The Morgan fingerprint density at radius 3 is 1.76 bits per heavy atom. The first kappa shape index (κ1) is 39.9. The van der Waals surface area contributed by atoms with Crippen molar-refractivity contribution >= 4 is 0 Å². The molecule has 13 heteroatoms. The fraction of sp³-hybridized carbons (Fsp3) is 0.812. The van der Waals surface area contributed by atoms with E-state index in [1.165, 1.54) is 0 Å². The fourth-order valence-corrected chi connectivity index (χ4v) is 5.28. The molecular formula is C32H56O13. The predicted octanol–water partition coefficient (Wildman–Crippen LogP) is -0.0632. The molecule has 2 aliphatic rings. The molecule has 0 unspecified atom stereocenters. The number of rotatable bonds is 17. The van der Waals surface area contributed by atoms with Crippen molar-refractivity contribution in [3.63, 3.8) is 0 Å². The van der Waals surface area contributed by atoms with E-state index in [2.05, 4.69) is 18.7 Å². The van der Waals surface area contributed by atoms with E-state index in [1.54, 1.807) is 26.8 Å². The second kappa shape index (κ2) is 17.7. The average molecular weight is 649 g/mol. The highest BCUT2D eigenvalue weighted by atomic mass is 16.7. The van der Waals surface area contributed by atoms with Crippen LogP contribution >= 0.6 is 0 Å². The summed E-state index contributed by atoms with van der Waals surface area (Å²) < 4.78 is 22.7. The van der Waals surface area contributed by atoms with Crippen LogP contribution in [0.25, 0.3) is 0 Å². The predicted molar refractivity (Wildman–Crippen MR) is 164 cm³/mol. The molecular weight excluding hydrogens is 592 g/mol. The molecule has 0 amide bonds. The van der Waals surface area contributed by atoms with Gasteiger partial charge in [-0.05, 0) is 73.1 Å². The standard InChI is InChI=1S/C32H56O13/c1-7-32(6,45-30-28(40)26(38)24(36)21(17-34)43-30)15-9-12-18(2)10-8-11-19(3)13-14-22(31(4,5)41)44-29-27(39)25(37)23(35)20(16-33)42-29/h7,11-12,20-30,33-41H,1,8-10,13-17H2,2-6H3/b18-12+,19-11+/t20-,21-,22+,23-,24-,25+,26+,27-,28-,29+,30+,32-/m1/s1. The Kier molecular flexibility index (Phi) is 15.7. The summed E-state index contributed by atoms with van der Waals surface area (Å²) in [6.45, 7) is 11.6. The van der Waals surface area contributed by atoms with E-state index in [4.69, 9.17) is 18.9 Å². The molecule has 2 heterocycles. The van der Waals surface area contributed by atoms with Crippen LogP contribution in [-0.4, -0.2) is 138 Å². The van der Waals surface area contributed by atoms with Crippen molar-refractivity contribution in [2.45, 2.75) is 152 Å². The van der Waals surface area contributed by atoms with Crippen LogP contribution in [0.3, 0.4) is 0 Å². The highest BCUT2D eigenvalue weighted by molar-refractivity contribution is 5.06. The minimum atomic E-state index is -1.57. The van der Waals surface area contributed by atoms with Crippen molar-refractivity contribution in [2.24, 2.45) is 0 Å². The molecule has 13 nitrogen and oxygen atoms in total. The molecule has 0 saturated carbocycles. The first-order valence-electron chi connectivity index (χ1n) is 15.6. The number of ether oxygens (including phenoxy) is 4. The van der Waals surface area contributed by atoms with Gasteiger partial charge in [0.25, 0.3) is 0 Å². The van der Waals surface area contributed by atoms with E-state index in [-0.39, 0.29) is 0 Å². The summed E-state index contributed by atoms with van der Waals surface area (Å²) in [6, 6.07) is 0. The summed E-state index contributed by atoms with van der Waals surface area (Å²) in [6.07, 6.45) is -5.15. The minimum Gasteiger partial charge on any atom is -0.394 e. The Morgan fingerprint density at radius 2 is 1.24 bits per heavy atom. The second-order valence-corrected chi connectivity index (χ2v) is 13.0. The lowest BCUT2D eigenvalue weighted by Crippen LogP contribution is -2.60. The third-order valence-electron chi connectivity index (χ3n) is 8.57. The monoisotopic (exact) mass is 648 g/mol. The molecule has 0 radical (unpaired) electrons. The van der Waals surface area contributed by atoms with Gasteiger partial charge in [0.05, 0.1) is 30.5 Å². The topological polar surface area (TPSA) is 219 Å². The fourth-order valence-electron chi connectivity index (χ4n) is 5.28. The number of hydrogen-bond donors (Lipinski definition) is 9. The van der Waals surface area contributed by atoms with Gasteiger partial charge >= 0.3 is 0 Å². The minimum absolute atomic E-state index is 0.393. The molecule has 2 saturated heterocycles. The lowest BCUT2D eigenvalue weighted by atomic mass is 9.94. The van der Waals surface area contributed by atoms with Crippen molar-refractivity contribution < 1.29 is 64.9 Å². The maximum Gasteiger partial charge on any atom is 0.187 e. The van der Waals surface area contributed by atoms with E-state index in [0.29, 0.717) is 25.7 Å². The van der Waals surface area contributed by atoms with E-state index in [9.17, 15) is 46.0 Å². The Morgan fingerprint density at radius 1 is 0.756 bits per heavy atom. The van der Waals surface area contributed by atoms with Gasteiger partial charge in [0.2, 0.25) is 0 Å². The van der Waals surface area contributed by atoms with Crippen LogP contribution in [-0.2, 0) is 18.9 Å². The highest BCUT2D eigenvalue weighted by Crippen LogP contribution is 2.30. The summed E-state index contributed by atoms with van der Waals surface area (Å²) in [7, 11) is 0. The van der Waals surface area contributed by atoms with Crippen molar-refractivity contribution in [2.75, 3.05) is 13.2 Å². The lowest BCUT2D eigenvalue weighted by molar-refractivity contribution is -0.322. The van der Waals surface area contributed by atoms with Crippen molar-refractivity contribution in [3.8, 4) is 0 Å². The molecule has 0 aliphatic carbocycles. The number of aliphatic hydroxyl groups excluding tert-OH is 8. The zero-order chi connectivity index (χ0) is 34.1. The SMILES string of the molecule is C=C[C@](C)(CC/C=C(\C)CC/C=C(\C)CC[C@H](O[C@@H]1O[C@H](CO)[C@@H](O)[C@H](O)[C@H]1O)C(C)(C)O)O[C@@H]1O[C@H](CO)[C@@H](O)[C@H](O)[C@H]1O. The Hall–Kier alpha value is -1.30. The normalized spacial score (nSPS) is 35.6. The van der Waals surface area contributed by atoms with Crippen LogP contribution in [0.15, 0.2) is 36.0 Å². The molecule has 2 aliphatic heterocycles. The highest BCUT2D eigenvalue weighted by Gasteiger charge is 2.47. The Balaban J connectivity index is 1.86. The van der Waals surface area contributed by atoms with Crippen LogP contribution in [0.5, 0.6) is 0 Å². The van der Waals surface area contributed by atoms with E-state index in [1.807, 2.05) is 13.8 Å². The smallest absolute Gasteiger partial charge is 0.187 e. The molecule has 12 atom stereocenters. The molecule has 9 N–H and O–H groups in total. The Bertz CT molecular complexity index is 961. The van der Waals surface area contributed by atoms with Crippen LogP contribution in [0.2, 0.25) is 0 Å². The third-order valence-corrected chi connectivity index (χ3v) is 8.57. The number of hydrogen-bond acceptors (Lipinski definition) is 13. The van der Waals surface area contributed by atoms with Gasteiger partial charge in [-0.1, -0.05) is 29.4 Å². The molecule has 45 heavy (non-hydrogen) atoms. The first-order valence-corrected chi connectivity index (χ1v) is 15.6. The number of allylic oxidation sites excluding steroid dienone is 4. The van der Waals surface area contributed by atoms with Gasteiger partial charge in [-0.25, -0.2) is 0 Å². The van der Waals surface area contributed by atoms with Crippen LogP contribution < -0.4 is 0 Å². The molecule has 0 aromatic heterocycles. The average Bonchev–Trinajstić information content (AvgIpc) is 2.98. The quantitative estimate of drug-likeness (QED) is 0.0945. The van der Waals surface area contributed by atoms with Crippen molar-refractivity contribution in [3.05, 3.63) is 36.0 Å². The number of aliphatic hydroxyl groups is 9. The Labute approximate surface area is 266 Å². The van der Waals surface area contributed by atoms with Crippen molar-refractivity contribution in [1.29, 1.82) is 0 Å². The van der Waals surface area contributed by atoms with Crippen molar-refractivity contribution in [1.82, 2.24) is 0 Å². The van der Waals surface area contributed by atoms with Gasteiger partial charge in [-0.15, -0.1) is 6.58 Å². The van der Waals surface area contributed by atoms with E-state index >= 15 is 0 Å². The van der Waals surface area contributed by atoms with Crippen LogP contribution in [0, 0.1) is 0 Å². The van der Waals surface area contributed by atoms with Gasteiger partial charge in [-0.2, -0.15) is 0 Å². The molecule has 2 rings (SSSR count). The molecule has 0 aromatic rings. The van der Waals surface area contributed by atoms with Gasteiger partial charge in [0.15, 0.2) is 12.6 Å². The van der Waals surface area contributed by atoms with Gasteiger partial charge in [0.1, 0.15) is 48.8 Å². The van der Waals surface area contributed by atoms with E-state index < -0.39 is 91.9 Å². The maximum atomic E-state index is 10.7. The first-order chi connectivity index (χ1) is 21.0. The van der Waals surface area contributed by atoms with Gasteiger partial charge < -0.3 is 64.9 Å². The van der Waals surface area contributed by atoms with E-state index in [0.717, 1.165) is 24.0 Å². The zero-order valence-corrected chi connectivity index (χ0v) is 27.1. The molecule has 0 bridgehead atoms. The largest absolute Gasteiger partial charge is 0.394 e. The molecule has 262 valence electrons. The lowest BCUT2D eigenvalue weighted by Gasteiger charge is -2.42. The summed E-state index contributed by atoms with van der Waals surface area (Å²) in [5, 5.41) is 90.3. The zero-order valence-electron chi connectivity index (χ0n) is 27.1. The molecule has 2 fully saturated rings. The summed E-state index contributed by atoms with van der Waals surface area (Å²) in [4.78, 5) is 0.